The first-order chi connectivity index (χ1) is 9.56. The van der Waals surface area contributed by atoms with Gasteiger partial charge in [-0.1, -0.05) is 12.1 Å². The lowest BCUT2D eigenvalue weighted by atomic mass is 10.1. The smallest absolute Gasteiger partial charge is 0.270 e. The maximum absolute atomic E-state index is 12.1. The molecule has 104 valence electrons. The molecule has 0 radical (unpaired) electrons. The molecule has 20 heavy (non-hydrogen) atoms. The minimum Gasteiger partial charge on any atom is -0.472 e. The molecule has 0 amide bonds. The first-order valence-electron chi connectivity index (χ1n) is 6.03. The molecule has 2 aromatic rings. The van der Waals surface area contributed by atoms with E-state index < -0.39 is 4.92 Å². The molecule has 0 spiro atoms. The number of benzene rings is 1. The second-order valence-corrected chi connectivity index (χ2v) is 4.53. The molecule has 1 heterocycles. The quantitative estimate of drug-likeness (QED) is 0.459. The number of furan rings is 1. The van der Waals surface area contributed by atoms with Crippen molar-refractivity contribution in [2.75, 3.05) is 13.6 Å². The van der Waals surface area contributed by atoms with Crippen molar-refractivity contribution >= 4 is 11.5 Å². The van der Waals surface area contributed by atoms with Gasteiger partial charge in [-0.15, -0.1) is 0 Å². The van der Waals surface area contributed by atoms with Crippen molar-refractivity contribution in [3.8, 4) is 0 Å². The van der Waals surface area contributed by atoms with Gasteiger partial charge in [0, 0.05) is 29.8 Å². The van der Waals surface area contributed by atoms with Gasteiger partial charge in [-0.3, -0.25) is 19.8 Å². The van der Waals surface area contributed by atoms with E-state index in [1.54, 1.807) is 18.6 Å². The molecule has 0 aliphatic heterocycles. The predicted octanol–water partition coefficient (Wildman–Crippen LogP) is 2.50. The molecule has 0 fully saturated rings. The van der Waals surface area contributed by atoms with Crippen LogP contribution in [0.1, 0.15) is 15.9 Å². The first kappa shape index (κ1) is 14.0. The Bertz CT molecular complexity index is 607. The summed E-state index contributed by atoms with van der Waals surface area (Å²) in [6.07, 6.45) is 3.19. The van der Waals surface area contributed by atoms with Gasteiger partial charge < -0.3 is 4.42 Å². The third-order valence-corrected chi connectivity index (χ3v) is 2.83. The van der Waals surface area contributed by atoms with Gasteiger partial charge in [0.15, 0.2) is 5.78 Å². The number of Topliss-reactive ketones (excluding diaryl/α,β-unsaturated/α-hetero) is 1. The molecule has 0 bridgehead atoms. The number of hydrogen-bond acceptors (Lipinski definition) is 5. The van der Waals surface area contributed by atoms with Crippen molar-refractivity contribution in [3.63, 3.8) is 0 Å². The highest BCUT2D eigenvalue weighted by Gasteiger charge is 2.13. The molecular weight excluding hydrogens is 260 g/mol. The summed E-state index contributed by atoms with van der Waals surface area (Å²) < 4.78 is 4.96. The van der Waals surface area contributed by atoms with Crippen molar-refractivity contribution in [1.29, 1.82) is 0 Å². The summed E-state index contributed by atoms with van der Waals surface area (Å²) in [6.45, 7) is 0.767. The highest BCUT2D eigenvalue weighted by atomic mass is 16.6. The van der Waals surface area contributed by atoms with E-state index in [9.17, 15) is 14.9 Å². The zero-order chi connectivity index (χ0) is 14.5. The molecule has 0 atom stereocenters. The summed E-state index contributed by atoms with van der Waals surface area (Å²) >= 11 is 0. The fourth-order valence-corrected chi connectivity index (χ4v) is 1.88. The van der Waals surface area contributed by atoms with Gasteiger partial charge in [-0.2, -0.15) is 0 Å². The van der Waals surface area contributed by atoms with E-state index in [0.29, 0.717) is 12.1 Å². The van der Waals surface area contributed by atoms with Gasteiger partial charge >= 0.3 is 0 Å². The topological polar surface area (TPSA) is 76.6 Å². The molecule has 1 aromatic heterocycles. The van der Waals surface area contributed by atoms with E-state index in [-0.39, 0.29) is 18.0 Å². The van der Waals surface area contributed by atoms with Gasteiger partial charge in [-0.25, -0.2) is 0 Å². The van der Waals surface area contributed by atoms with Gasteiger partial charge in [0.05, 0.1) is 24.0 Å². The summed E-state index contributed by atoms with van der Waals surface area (Å²) in [5, 5.41) is 10.7. The fourth-order valence-electron chi connectivity index (χ4n) is 1.88. The highest BCUT2D eigenvalue weighted by Crippen LogP contribution is 2.14. The van der Waals surface area contributed by atoms with Gasteiger partial charge in [0.2, 0.25) is 0 Å². The number of non-ortho nitro benzene ring substituents is 1. The number of likely N-dealkylation sites (N-methyl/N-ethyl adjacent to an activating group) is 1. The van der Waals surface area contributed by atoms with Crippen LogP contribution >= 0.6 is 0 Å². The monoisotopic (exact) mass is 274 g/mol. The Morgan fingerprint density at radius 3 is 2.85 bits per heavy atom. The molecule has 0 aliphatic carbocycles. The maximum atomic E-state index is 12.1. The third kappa shape index (κ3) is 3.52. The Hall–Kier alpha value is -2.47. The maximum Gasteiger partial charge on any atom is 0.270 e. The summed E-state index contributed by atoms with van der Waals surface area (Å²) in [5.74, 6) is -0.153. The molecule has 0 N–H and O–H groups in total. The Balaban J connectivity index is 2.00. The minimum absolute atomic E-state index is 0.0756. The van der Waals surface area contributed by atoms with Gasteiger partial charge in [-0.05, 0) is 13.1 Å². The number of carbonyl (C=O) groups is 1. The molecule has 2 rings (SSSR count). The van der Waals surface area contributed by atoms with E-state index in [4.69, 9.17) is 4.42 Å². The van der Waals surface area contributed by atoms with E-state index >= 15 is 0 Å². The number of nitrogens with zero attached hydrogens (tertiary/aromatic N) is 2. The Labute approximate surface area is 115 Å². The standard InChI is InChI=1S/C14H14N2O4/c1-15(8-11-5-6-20-10-11)9-14(17)12-3-2-4-13(7-12)16(18)19/h2-7,10H,8-9H2,1H3. The van der Waals surface area contributed by atoms with E-state index in [1.807, 2.05) is 18.0 Å². The SMILES string of the molecule is CN(CC(=O)c1cccc([N+](=O)[O-])c1)Cc1ccoc1. The van der Waals surface area contributed by atoms with Crippen molar-refractivity contribution in [3.05, 3.63) is 64.1 Å². The van der Waals surface area contributed by atoms with Crippen LogP contribution in [0.25, 0.3) is 0 Å². The van der Waals surface area contributed by atoms with Crippen molar-refractivity contribution in [2.24, 2.45) is 0 Å². The second-order valence-electron chi connectivity index (χ2n) is 4.53. The van der Waals surface area contributed by atoms with E-state index in [0.717, 1.165) is 5.56 Å². The molecule has 0 saturated heterocycles. The lowest BCUT2D eigenvalue weighted by Crippen LogP contribution is -2.25. The van der Waals surface area contributed by atoms with Gasteiger partial charge in [0.25, 0.3) is 5.69 Å². The molecule has 0 unspecified atom stereocenters. The average Bonchev–Trinajstić information content (AvgIpc) is 2.91. The molecule has 1 aromatic carbocycles. The average molecular weight is 274 g/mol. The number of nitro benzene ring substituents is 1. The minimum atomic E-state index is -0.508. The van der Waals surface area contributed by atoms with Gasteiger partial charge in [0.1, 0.15) is 0 Å². The van der Waals surface area contributed by atoms with Crippen molar-refractivity contribution in [1.82, 2.24) is 4.90 Å². The third-order valence-electron chi connectivity index (χ3n) is 2.83. The molecule has 6 heteroatoms. The van der Waals surface area contributed by atoms with Crippen LogP contribution in [0.15, 0.2) is 47.3 Å². The Morgan fingerprint density at radius 1 is 1.40 bits per heavy atom. The zero-order valence-electron chi connectivity index (χ0n) is 11.0. The molecule has 0 saturated carbocycles. The Morgan fingerprint density at radius 2 is 2.20 bits per heavy atom. The van der Waals surface area contributed by atoms with Crippen LogP contribution in [0.2, 0.25) is 0 Å². The Kier molecular flexibility index (Phi) is 4.27. The number of ketones is 1. The second kappa shape index (κ2) is 6.12. The number of rotatable bonds is 6. The summed E-state index contributed by atoms with van der Waals surface area (Å²) in [5.41, 5.74) is 1.24. The number of carbonyl (C=O) groups excluding carboxylic acids is 1. The van der Waals surface area contributed by atoms with Crippen molar-refractivity contribution < 1.29 is 14.1 Å². The largest absolute Gasteiger partial charge is 0.472 e. The van der Waals surface area contributed by atoms with E-state index in [2.05, 4.69) is 0 Å². The lowest BCUT2D eigenvalue weighted by Gasteiger charge is -2.14. The lowest BCUT2D eigenvalue weighted by molar-refractivity contribution is -0.384. The first-order valence-corrected chi connectivity index (χ1v) is 6.03. The zero-order valence-corrected chi connectivity index (χ0v) is 11.0. The van der Waals surface area contributed by atoms with Crippen molar-refractivity contribution in [2.45, 2.75) is 6.54 Å². The van der Waals surface area contributed by atoms with Crippen LogP contribution in [0, 0.1) is 10.1 Å². The number of nitro groups is 1. The summed E-state index contributed by atoms with van der Waals surface area (Å²) in [4.78, 5) is 24.1. The number of hydrogen-bond donors (Lipinski definition) is 0. The van der Waals surface area contributed by atoms with Crippen LogP contribution < -0.4 is 0 Å². The van der Waals surface area contributed by atoms with Crippen LogP contribution in [0.5, 0.6) is 0 Å². The van der Waals surface area contributed by atoms with Crippen LogP contribution in [0.3, 0.4) is 0 Å². The van der Waals surface area contributed by atoms with Crippen LogP contribution in [-0.2, 0) is 6.54 Å². The van der Waals surface area contributed by atoms with Crippen LogP contribution in [-0.4, -0.2) is 29.2 Å². The summed E-state index contributed by atoms with van der Waals surface area (Å²) in [7, 11) is 1.81. The summed E-state index contributed by atoms with van der Waals surface area (Å²) in [6, 6.07) is 7.59. The van der Waals surface area contributed by atoms with Crippen LogP contribution in [0.4, 0.5) is 5.69 Å². The van der Waals surface area contributed by atoms with E-state index in [1.165, 1.54) is 18.2 Å². The predicted molar refractivity (Wildman–Crippen MR) is 72.5 cm³/mol. The molecule has 6 nitrogen and oxygen atoms in total. The fraction of sp³-hybridized carbons (Fsp3) is 0.214. The molecular formula is C14H14N2O4. The normalized spacial score (nSPS) is 10.7. The molecule has 0 aliphatic rings. The highest BCUT2D eigenvalue weighted by molar-refractivity contribution is 5.98.